The number of ketones is 1. The molecule has 0 amide bonds. The van der Waals surface area contributed by atoms with E-state index in [0.717, 1.165) is 26.4 Å². The molecule has 1 N–H and O–H groups in total. The number of ether oxygens (including phenoxy) is 1. The molecule has 0 spiro atoms. The molecular weight excluding hydrogens is 378 g/mol. The average molecular weight is 417 g/mol. The van der Waals surface area contributed by atoms with Gasteiger partial charge in [-0.3, -0.25) is 4.79 Å². The molecular formula is C23H38F2O4. The van der Waals surface area contributed by atoms with Crippen molar-refractivity contribution in [3.63, 3.8) is 0 Å². The van der Waals surface area contributed by atoms with Crippen molar-refractivity contribution in [2.24, 2.45) is 5.92 Å². The second-order valence-electron chi connectivity index (χ2n) is 8.37. The third kappa shape index (κ3) is 7.16. The summed E-state index contributed by atoms with van der Waals surface area (Å²) in [6, 6.07) is 0. The number of alkyl halides is 2. The highest BCUT2D eigenvalue weighted by molar-refractivity contribution is 5.85. The zero-order valence-electron chi connectivity index (χ0n) is 18.1. The molecule has 0 bridgehead atoms. The number of aliphatic hydroxyl groups excluding tert-OH is 1. The summed E-state index contributed by atoms with van der Waals surface area (Å²) in [6.07, 6.45) is 9.12. The van der Waals surface area contributed by atoms with E-state index in [0.29, 0.717) is 38.5 Å². The lowest BCUT2D eigenvalue weighted by Gasteiger charge is -2.27. The summed E-state index contributed by atoms with van der Waals surface area (Å²) in [5.74, 6) is -1.76. The van der Waals surface area contributed by atoms with Crippen molar-refractivity contribution in [2.75, 3.05) is 13.7 Å². The molecule has 1 aliphatic carbocycles. The first-order chi connectivity index (χ1) is 13.7. The Bertz CT molecular complexity index is 551. The van der Waals surface area contributed by atoms with Crippen LogP contribution in [0.1, 0.15) is 90.4 Å². The monoisotopic (exact) mass is 416 g/mol. The number of unbranched alkanes of at least 4 members (excludes halogenated alkanes) is 6. The number of halogens is 2. The van der Waals surface area contributed by atoms with E-state index in [1.807, 2.05) is 0 Å². The highest BCUT2D eigenvalue weighted by Gasteiger charge is 2.47. The van der Waals surface area contributed by atoms with Crippen LogP contribution in [0.5, 0.6) is 0 Å². The Morgan fingerprint density at radius 2 is 1.90 bits per heavy atom. The quantitative estimate of drug-likeness (QED) is 0.220. The molecule has 29 heavy (non-hydrogen) atoms. The largest absolute Gasteiger partial charge is 0.466 e. The van der Waals surface area contributed by atoms with Gasteiger partial charge in [0.1, 0.15) is 11.5 Å². The van der Waals surface area contributed by atoms with Gasteiger partial charge in [-0.1, -0.05) is 58.4 Å². The average Bonchev–Trinajstić information content (AvgIpc) is 3.00. The number of Topliss-reactive ketones (excluding diaryl/α,β-unsaturated/α-hetero) is 1. The van der Waals surface area contributed by atoms with Crippen molar-refractivity contribution in [3.8, 4) is 0 Å². The molecule has 1 unspecified atom stereocenters. The van der Waals surface area contributed by atoms with Gasteiger partial charge in [-0.2, -0.15) is 0 Å². The molecule has 4 nitrogen and oxygen atoms in total. The highest BCUT2D eigenvalue weighted by Crippen LogP contribution is 2.43. The van der Waals surface area contributed by atoms with Gasteiger partial charge in [-0.15, -0.1) is 0 Å². The lowest BCUT2D eigenvalue weighted by atomic mass is 9.83. The van der Waals surface area contributed by atoms with Gasteiger partial charge in [0.15, 0.2) is 0 Å². The lowest BCUT2D eigenvalue weighted by molar-refractivity contribution is -0.154. The Hall–Kier alpha value is -1.30. The Morgan fingerprint density at radius 1 is 1.24 bits per heavy atom. The number of hydrogen-bond acceptors (Lipinski definition) is 4. The van der Waals surface area contributed by atoms with Crippen molar-refractivity contribution in [3.05, 3.63) is 12.2 Å². The fraction of sp³-hybridized carbons (Fsp3) is 0.826. The summed E-state index contributed by atoms with van der Waals surface area (Å²) < 4.78 is 34.3. The Labute approximate surface area is 174 Å². The molecule has 3 atom stereocenters. The minimum atomic E-state index is -2.61. The Morgan fingerprint density at radius 3 is 2.52 bits per heavy atom. The maximum absolute atomic E-state index is 15.4. The SMILES string of the molecule is C=C(CCCC[C@@H]1C(=O)CC[C@]1(F)CCCCCCCC)C(F)(CO)C(=O)OC. The number of aliphatic hydroxyl groups is 1. The Kier molecular flexibility index (Phi) is 11.0. The van der Waals surface area contributed by atoms with Crippen LogP contribution in [0.2, 0.25) is 0 Å². The summed E-state index contributed by atoms with van der Waals surface area (Å²) in [6.45, 7) is 4.71. The van der Waals surface area contributed by atoms with E-state index in [1.165, 1.54) is 19.3 Å². The van der Waals surface area contributed by atoms with Crippen LogP contribution in [0.25, 0.3) is 0 Å². The van der Waals surface area contributed by atoms with Gasteiger partial charge in [0.25, 0.3) is 5.67 Å². The number of methoxy groups -OCH3 is 1. The van der Waals surface area contributed by atoms with E-state index in [4.69, 9.17) is 0 Å². The first kappa shape index (κ1) is 25.7. The molecule has 6 heteroatoms. The normalized spacial score (nSPS) is 23.8. The molecule has 1 aliphatic rings. The van der Waals surface area contributed by atoms with Crippen molar-refractivity contribution in [1.29, 1.82) is 0 Å². The molecule has 1 saturated carbocycles. The van der Waals surface area contributed by atoms with Crippen LogP contribution in [-0.4, -0.2) is 41.9 Å². The molecule has 168 valence electrons. The summed E-state index contributed by atoms with van der Waals surface area (Å²) in [5, 5.41) is 9.21. The molecule has 0 aromatic rings. The number of rotatable bonds is 15. The predicted octanol–water partition coefficient (Wildman–Crippen LogP) is 5.41. The van der Waals surface area contributed by atoms with Crippen LogP contribution in [-0.2, 0) is 14.3 Å². The van der Waals surface area contributed by atoms with Crippen LogP contribution in [0, 0.1) is 5.92 Å². The van der Waals surface area contributed by atoms with Crippen LogP contribution in [0.15, 0.2) is 12.2 Å². The maximum atomic E-state index is 15.4. The molecule has 0 radical (unpaired) electrons. The maximum Gasteiger partial charge on any atom is 0.350 e. The predicted molar refractivity (Wildman–Crippen MR) is 110 cm³/mol. The summed E-state index contributed by atoms with van der Waals surface area (Å²) >= 11 is 0. The molecule has 1 fully saturated rings. The van der Waals surface area contributed by atoms with Gasteiger partial charge < -0.3 is 9.84 Å². The second kappa shape index (κ2) is 12.4. The van der Waals surface area contributed by atoms with Crippen LogP contribution >= 0.6 is 0 Å². The number of carbonyl (C=O) groups excluding carboxylic acids is 2. The van der Waals surface area contributed by atoms with Gasteiger partial charge in [-0.25, -0.2) is 13.6 Å². The van der Waals surface area contributed by atoms with Gasteiger partial charge in [0.2, 0.25) is 0 Å². The molecule has 0 aromatic heterocycles. The third-order valence-corrected chi connectivity index (χ3v) is 6.25. The first-order valence-electron chi connectivity index (χ1n) is 11.0. The fourth-order valence-corrected chi connectivity index (χ4v) is 4.25. The van der Waals surface area contributed by atoms with Gasteiger partial charge >= 0.3 is 5.97 Å². The van der Waals surface area contributed by atoms with Crippen LogP contribution < -0.4 is 0 Å². The lowest BCUT2D eigenvalue weighted by Crippen LogP contribution is -2.40. The van der Waals surface area contributed by atoms with Gasteiger partial charge in [0, 0.05) is 6.42 Å². The first-order valence-corrected chi connectivity index (χ1v) is 11.0. The number of hydrogen-bond donors (Lipinski definition) is 1. The standard InChI is InChI=1S/C23H38F2O4/c1-4-5-6-7-8-11-15-22(24)16-14-20(27)19(22)13-10-9-12-18(2)23(25,17-26)21(28)29-3/h19,26H,2,4-17H2,1,3H3/t19-,22-,23?/m1/s1. The van der Waals surface area contributed by atoms with Crippen molar-refractivity contribution >= 4 is 11.8 Å². The summed E-state index contributed by atoms with van der Waals surface area (Å²) in [5.41, 5.74) is -4.08. The van der Waals surface area contributed by atoms with Gasteiger partial charge in [0.05, 0.1) is 19.6 Å². The third-order valence-electron chi connectivity index (χ3n) is 6.25. The molecule has 0 saturated heterocycles. The fourth-order valence-electron chi connectivity index (χ4n) is 4.25. The minimum Gasteiger partial charge on any atom is -0.466 e. The Balaban J connectivity index is 2.45. The van der Waals surface area contributed by atoms with Crippen LogP contribution in [0.3, 0.4) is 0 Å². The van der Waals surface area contributed by atoms with Crippen LogP contribution in [0.4, 0.5) is 8.78 Å². The molecule has 1 rings (SSSR count). The molecule has 0 aliphatic heterocycles. The zero-order chi connectivity index (χ0) is 21.9. The topological polar surface area (TPSA) is 63.6 Å². The van der Waals surface area contributed by atoms with Crippen molar-refractivity contribution in [2.45, 2.75) is 102 Å². The van der Waals surface area contributed by atoms with E-state index < -0.39 is 29.8 Å². The van der Waals surface area contributed by atoms with Crippen molar-refractivity contribution in [1.82, 2.24) is 0 Å². The number of carbonyl (C=O) groups is 2. The van der Waals surface area contributed by atoms with E-state index >= 15 is 4.39 Å². The minimum absolute atomic E-state index is 0.0120. The molecule has 0 aromatic carbocycles. The van der Waals surface area contributed by atoms with E-state index in [9.17, 15) is 19.1 Å². The van der Waals surface area contributed by atoms with Crippen molar-refractivity contribution < 1.29 is 28.2 Å². The highest BCUT2D eigenvalue weighted by atomic mass is 19.1. The number of esters is 1. The van der Waals surface area contributed by atoms with E-state index in [2.05, 4.69) is 18.2 Å². The summed E-state index contributed by atoms with van der Waals surface area (Å²) in [7, 11) is 1.05. The summed E-state index contributed by atoms with van der Waals surface area (Å²) in [4.78, 5) is 23.8. The van der Waals surface area contributed by atoms with E-state index in [1.54, 1.807) is 0 Å². The molecule has 0 heterocycles. The zero-order valence-corrected chi connectivity index (χ0v) is 18.1. The smallest absolute Gasteiger partial charge is 0.350 e. The van der Waals surface area contributed by atoms with E-state index in [-0.39, 0.29) is 17.8 Å². The van der Waals surface area contributed by atoms with Gasteiger partial charge in [-0.05, 0) is 37.7 Å². The second-order valence-corrected chi connectivity index (χ2v) is 8.37.